The van der Waals surface area contributed by atoms with Crippen molar-refractivity contribution < 1.29 is 37.0 Å². The van der Waals surface area contributed by atoms with Crippen molar-refractivity contribution in [1.82, 2.24) is 10.2 Å². The second-order valence-electron chi connectivity index (χ2n) is 11.0. The molecule has 0 aliphatic heterocycles. The molecule has 1 unspecified atom stereocenters. The van der Waals surface area contributed by atoms with Gasteiger partial charge in [0, 0.05) is 24.7 Å². The molecule has 11 nitrogen and oxygen atoms in total. The summed E-state index contributed by atoms with van der Waals surface area (Å²) >= 11 is 12.4. The topological polar surface area (TPSA) is 124 Å². The van der Waals surface area contributed by atoms with Crippen LogP contribution in [0.5, 0.6) is 23.0 Å². The van der Waals surface area contributed by atoms with Gasteiger partial charge in [0.05, 0.1) is 49.1 Å². The molecule has 1 N–H and O–H groups in total. The van der Waals surface area contributed by atoms with Gasteiger partial charge in [-0.15, -0.1) is 0 Å². The molecule has 3 aromatic carbocycles. The molecule has 0 radical (unpaired) electrons. The summed E-state index contributed by atoms with van der Waals surface area (Å²) < 4.78 is 51.4. The maximum atomic E-state index is 14.5. The van der Waals surface area contributed by atoms with Crippen LogP contribution in [-0.4, -0.2) is 72.2 Å². The molecule has 0 spiro atoms. The number of hydrogen-bond donors (Lipinski definition) is 1. The highest BCUT2D eigenvalue weighted by atomic mass is 35.5. The van der Waals surface area contributed by atoms with Crippen molar-refractivity contribution in [2.24, 2.45) is 0 Å². The first-order valence-electron chi connectivity index (χ1n) is 14.9. The molecule has 3 aromatic rings. The lowest BCUT2D eigenvalue weighted by atomic mass is 10.1. The van der Waals surface area contributed by atoms with Crippen LogP contribution in [0.25, 0.3) is 0 Å². The van der Waals surface area contributed by atoms with Crippen LogP contribution in [0.15, 0.2) is 59.5 Å². The summed E-state index contributed by atoms with van der Waals surface area (Å²) in [6, 6.07) is 12.7. The number of rotatable bonds is 14. The standard InChI is InChI=1S/C33H39Cl2N3O8S/c1-21(33(40)36-23-8-6-7-9-23)37(19-22-10-13-26(34)27(35)16-22)32(39)20-38(28-17-24(43-2)11-14-29(28)44-3)47(41,42)25-12-15-30(45-4)31(18-25)46-5/h10-18,21,23H,6-9,19-20H2,1-5H3,(H,36,40). The Hall–Kier alpha value is -3.87. The zero-order valence-electron chi connectivity index (χ0n) is 26.9. The number of halogens is 2. The monoisotopic (exact) mass is 707 g/mol. The first kappa shape index (κ1) is 36.0. The molecule has 14 heteroatoms. The van der Waals surface area contributed by atoms with Crippen LogP contribution < -0.4 is 28.6 Å². The van der Waals surface area contributed by atoms with E-state index < -0.39 is 28.5 Å². The Morgan fingerprint density at radius 3 is 2.13 bits per heavy atom. The number of carbonyl (C=O) groups excluding carboxylic acids is 2. The number of methoxy groups -OCH3 is 4. The normalized spacial score (nSPS) is 13.9. The van der Waals surface area contributed by atoms with Gasteiger partial charge in [-0.1, -0.05) is 42.1 Å². The van der Waals surface area contributed by atoms with E-state index in [0.29, 0.717) is 22.1 Å². The van der Waals surface area contributed by atoms with E-state index in [2.05, 4.69) is 5.32 Å². The minimum atomic E-state index is -4.47. The number of nitrogens with zero attached hydrogens (tertiary/aromatic N) is 2. The van der Waals surface area contributed by atoms with Crippen molar-refractivity contribution >= 4 is 50.7 Å². The number of hydrogen-bond acceptors (Lipinski definition) is 8. The molecule has 0 bridgehead atoms. The SMILES string of the molecule is COc1ccc(OC)c(N(CC(=O)N(Cc2ccc(Cl)c(Cl)c2)C(C)C(=O)NC2CCCC2)S(=O)(=O)c2ccc(OC)c(OC)c2)c1. The van der Waals surface area contributed by atoms with Gasteiger partial charge in [-0.05, 0) is 61.7 Å². The van der Waals surface area contributed by atoms with E-state index in [4.69, 9.17) is 42.1 Å². The molecule has 1 aliphatic carbocycles. The average Bonchev–Trinajstić information content (AvgIpc) is 3.59. The highest BCUT2D eigenvalue weighted by molar-refractivity contribution is 7.92. The lowest BCUT2D eigenvalue weighted by Gasteiger charge is -2.33. The van der Waals surface area contributed by atoms with E-state index in [1.54, 1.807) is 37.3 Å². The van der Waals surface area contributed by atoms with Crippen molar-refractivity contribution in [3.8, 4) is 23.0 Å². The Kier molecular flexibility index (Phi) is 12.1. The molecule has 0 heterocycles. The first-order valence-corrected chi connectivity index (χ1v) is 17.1. The highest BCUT2D eigenvalue weighted by Gasteiger charge is 2.35. The van der Waals surface area contributed by atoms with Gasteiger partial charge in [-0.3, -0.25) is 13.9 Å². The van der Waals surface area contributed by atoms with Crippen molar-refractivity contribution in [3.63, 3.8) is 0 Å². The third kappa shape index (κ3) is 8.35. The van der Waals surface area contributed by atoms with Crippen molar-refractivity contribution in [3.05, 3.63) is 70.2 Å². The third-order valence-electron chi connectivity index (χ3n) is 8.08. The lowest BCUT2D eigenvalue weighted by molar-refractivity contribution is -0.139. The summed E-state index contributed by atoms with van der Waals surface area (Å²) in [6.45, 7) is 0.871. The molecule has 4 rings (SSSR count). The summed E-state index contributed by atoms with van der Waals surface area (Å²) in [5, 5.41) is 3.65. The zero-order chi connectivity index (χ0) is 34.3. The van der Waals surface area contributed by atoms with E-state index in [1.165, 1.54) is 57.6 Å². The fraction of sp³-hybridized carbons (Fsp3) is 0.394. The van der Waals surface area contributed by atoms with Crippen LogP contribution >= 0.6 is 23.2 Å². The summed E-state index contributed by atoms with van der Waals surface area (Å²) in [6.07, 6.45) is 3.73. The van der Waals surface area contributed by atoms with Gasteiger partial charge in [-0.25, -0.2) is 8.42 Å². The van der Waals surface area contributed by atoms with Gasteiger partial charge in [0.15, 0.2) is 11.5 Å². The minimum absolute atomic E-state index is 0.00912. The van der Waals surface area contributed by atoms with Crippen LogP contribution in [0.3, 0.4) is 0 Å². The maximum Gasteiger partial charge on any atom is 0.265 e. The van der Waals surface area contributed by atoms with Gasteiger partial charge in [0.25, 0.3) is 10.0 Å². The number of nitrogens with one attached hydrogen (secondary N) is 1. The Morgan fingerprint density at radius 1 is 0.851 bits per heavy atom. The lowest BCUT2D eigenvalue weighted by Crippen LogP contribution is -2.52. The van der Waals surface area contributed by atoms with Crippen LogP contribution in [0.1, 0.15) is 38.2 Å². The van der Waals surface area contributed by atoms with E-state index >= 15 is 0 Å². The molecule has 0 saturated heterocycles. The van der Waals surface area contributed by atoms with Crippen LogP contribution in [0, 0.1) is 0 Å². The molecule has 254 valence electrons. The summed E-state index contributed by atoms with van der Waals surface area (Å²) in [5.74, 6) is -0.0000684. The molecule has 1 fully saturated rings. The third-order valence-corrected chi connectivity index (χ3v) is 10.6. The zero-order valence-corrected chi connectivity index (χ0v) is 29.2. The first-order chi connectivity index (χ1) is 22.4. The number of ether oxygens (including phenoxy) is 4. The largest absolute Gasteiger partial charge is 0.497 e. The Labute approximate surface area is 285 Å². The number of anilines is 1. The van der Waals surface area contributed by atoms with Gasteiger partial charge in [-0.2, -0.15) is 0 Å². The van der Waals surface area contributed by atoms with Gasteiger partial charge >= 0.3 is 0 Å². The number of amides is 2. The summed E-state index contributed by atoms with van der Waals surface area (Å²) in [7, 11) is 1.18. The Morgan fingerprint density at radius 2 is 1.51 bits per heavy atom. The van der Waals surface area contributed by atoms with E-state index in [0.717, 1.165) is 30.0 Å². The predicted molar refractivity (Wildman–Crippen MR) is 180 cm³/mol. The fourth-order valence-electron chi connectivity index (χ4n) is 5.42. The van der Waals surface area contributed by atoms with Crippen LogP contribution in [0.2, 0.25) is 10.0 Å². The molecule has 0 aromatic heterocycles. The van der Waals surface area contributed by atoms with Crippen molar-refractivity contribution in [2.45, 2.75) is 56.1 Å². The van der Waals surface area contributed by atoms with Crippen LogP contribution in [-0.2, 0) is 26.2 Å². The molecule has 1 saturated carbocycles. The number of sulfonamides is 1. The summed E-state index contributed by atoms with van der Waals surface area (Å²) in [4.78, 5) is 29.0. The molecule has 1 aliphatic rings. The van der Waals surface area contributed by atoms with Crippen molar-refractivity contribution in [2.75, 3.05) is 39.3 Å². The number of benzene rings is 3. The highest BCUT2D eigenvalue weighted by Crippen LogP contribution is 2.38. The van der Waals surface area contributed by atoms with Gasteiger partial charge in [0.1, 0.15) is 24.1 Å². The molecular weight excluding hydrogens is 669 g/mol. The smallest absolute Gasteiger partial charge is 0.265 e. The molecular formula is C33H39Cl2N3O8S. The molecule has 1 atom stereocenters. The summed E-state index contributed by atoms with van der Waals surface area (Å²) in [5.41, 5.74) is 0.647. The predicted octanol–water partition coefficient (Wildman–Crippen LogP) is 5.70. The van der Waals surface area contributed by atoms with Gasteiger partial charge < -0.3 is 29.2 Å². The number of carbonyl (C=O) groups is 2. The van der Waals surface area contributed by atoms with Gasteiger partial charge in [0.2, 0.25) is 11.8 Å². The van der Waals surface area contributed by atoms with Crippen LogP contribution in [0.4, 0.5) is 5.69 Å². The second-order valence-corrected chi connectivity index (χ2v) is 13.7. The van der Waals surface area contributed by atoms with E-state index in [1.807, 2.05) is 0 Å². The Bertz CT molecular complexity index is 1700. The second kappa shape index (κ2) is 15.8. The minimum Gasteiger partial charge on any atom is -0.497 e. The average molecular weight is 709 g/mol. The quantitative estimate of drug-likeness (QED) is 0.226. The molecule has 2 amide bonds. The maximum absolute atomic E-state index is 14.5. The Balaban J connectivity index is 1.80. The van der Waals surface area contributed by atoms with Crippen molar-refractivity contribution in [1.29, 1.82) is 0 Å². The van der Waals surface area contributed by atoms with E-state index in [-0.39, 0.29) is 45.6 Å². The fourth-order valence-corrected chi connectivity index (χ4v) is 7.17. The molecule has 47 heavy (non-hydrogen) atoms. The van der Waals surface area contributed by atoms with E-state index in [9.17, 15) is 18.0 Å².